The van der Waals surface area contributed by atoms with E-state index in [1.165, 1.54) is 37.2 Å². The van der Waals surface area contributed by atoms with Crippen LogP contribution in [0, 0.1) is 0 Å². The van der Waals surface area contributed by atoms with Crippen LogP contribution in [-0.2, 0) is 0 Å². The Bertz CT molecular complexity index is 304. The molecule has 2 rings (SSSR count). The Morgan fingerprint density at radius 2 is 1.75 bits per heavy atom. The fourth-order valence-electron chi connectivity index (χ4n) is 2.14. The first-order chi connectivity index (χ1) is 7.31. The van der Waals surface area contributed by atoms with Gasteiger partial charge in [-0.1, -0.05) is 19.1 Å². The van der Waals surface area contributed by atoms with Gasteiger partial charge in [0.1, 0.15) is 0 Å². The summed E-state index contributed by atoms with van der Waals surface area (Å²) >= 11 is 0. The Morgan fingerprint density at radius 3 is 2.25 bits per heavy atom. The Kier molecular flexibility index (Phi) is 5.10. The van der Waals surface area contributed by atoms with Crippen molar-refractivity contribution >= 4 is 18.1 Å². The van der Waals surface area contributed by atoms with Crippen molar-refractivity contribution in [3.8, 4) is 0 Å². The average Bonchev–Trinajstić information content (AvgIpc) is 2.82. The maximum Gasteiger partial charge on any atom is 0.0366 e. The molecule has 0 spiro atoms. The first kappa shape index (κ1) is 13.3. The van der Waals surface area contributed by atoms with Gasteiger partial charge >= 0.3 is 0 Å². The molecule has 1 heterocycles. The van der Waals surface area contributed by atoms with E-state index in [1.807, 2.05) is 0 Å². The lowest BCUT2D eigenvalue weighted by molar-refractivity contribution is 0.698. The van der Waals surface area contributed by atoms with Crippen molar-refractivity contribution in [2.24, 2.45) is 5.73 Å². The van der Waals surface area contributed by atoms with Crippen LogP contribution in [0.2, 0.25) is 0 Å². The molecule has 1 saturated heterocycles. The number of rotatable bonds is 3. The van der Waals surface area contributed by atoms with E-state index in [2.05, 4.69) is 36.1 Å². The molecule has 1 aliphatic rings. The zero-order valence-corrected chi connectivity index (χ0v) is 10.7. The van der Waals surface area contributed by atoms with E-state index in [0.717, 1.165) is 6.42 Å². The van der Waals surface area contributed by atoms with Gasteiger partial charge in [0.2, 0.25) is 0 Å². The minimum absolute atomic E-state index is 0. The van der Waals surface area contributed by atoms with Crippen LogP contribution in [-0.4, -0.2) is 13.1 Å². The van der Waals surface area contributed by atoms with Crippen molar-refractivity contribution < 1.29 is 0 Å². The molecule has 0 radical (unpaired) electrons. The highest BCUT2D eigenvalue weighted by Crippen LogP contribution is 2.22. The molecule has 2 N–H and O–H groups in total. The summed E-state index contributed by atoms with van der Waals surface area (Å²) in [5.74, 6) is 0. The van der Waals surface area contributed by atoms with Gasteiger partial charge in [0.15, 0.2) is 0 Å². The molecule has 1 aromatic rings. The van der Waals surface area contributed by atoms with Gasteiger partial charge in [0, 0.05) is 24.8 Å². The van der Waals surface area contributed by atoms with E-state index in [4.69, 9.17) is 5.73 Å². The third-order valence-corrected chi connectivity index (χ3v) is 3.23. The van der Waals surface area contributed by atoms with Crippen LogP contribution in [0.4, 0.5) is 5.69 Å². The molecule has 3 heteroatoms. The number of halogens is 1. The van der Waals surface area contributed by atoms with Crippen molar-refractivity contribution in [1.29, 1.82) is 0 Å². The van der Waals surface area contributed by atoms with Gasteiger partial charge in [-0.15, -0.1) is 12.4 Å². The maximum absolute atomic E-state index is 5.98. The van der Waals surface area contributed by atoms with Crippen LogP contribution in [0.5, 0.6) is 0 Å². The minimum atomic E-state index is 0. The summed E-state index contributed by atoms with van der Waals surface area (Å²) in [6, 6.07) is 8.94. The van der Waals surface area contributed by atoms with Crippen LogP contribution in [0.3, 0.4) is 0 Å². The summed E-state index contributed by atoms with van der Waals surface area (Å²) in [7, 11) is 0. The second-order valence-electron chi connectivity index (χ2n) is 4.30. The number of nitrogens with two attached hydrogens (primary N) is 1. The van der Waals surface area contributed by atoms with Crippen molar-refractivity contribution in [1.82, 2.24) is 0 Å². The number of nitrogens with zero attached hydrogens (tertiary/aromatic N) is 1. The van der Waals surface area contributed by atoms with Gasteiger partial charge in [-0.3, -0.25) is 0 Å². The Balaban J connectivity index is 0.00000128. The molecule has 1 atom stereocenters. The standard InChI is InChI=1S/C13H20N2.ClH/c1-2-13(14)11-5-7-12(8-6-11)15-9-3-4-10-15;/h5-8,13H,2-4,9-10,14H2,1H3;1H/t13-;/m0./s1. The zero-order chi connectivity index (χ0) is 10.7. The topological polar surface area (TPSA) is 29.3 Å². The quantitative estimate of drug-likeness (QED) is 0.880. The summed E-state index contributed by atoms with van der Waals surface area (Å²) in [6.45, 7) is 4.54. The van der Waals surface area contributed by atoms with Crippen LogP contribution >= 0.6 is 12.4 Å². The lowest BCUT2D eigenvalue weighted by Crippen LogP contribution is -2.17. The SMILES string of the molecule is CC[C@H](N)c1ccc(N2CCCC2)cc1.Cl. The lowest BCUT2D eigenvalue weighted by atomic mass is 10.1. The van der Waals surface area contributed by atoms with Crippen LogP contribution in [0.1, 0.15) is 37.8 Å². The zero-order valence-electron chi connectivity index (χ0n) is 9.86. The van der Waals surface area contributed by atoms with E-state index < -0.39 is 0 Å². The third kappa shape index (κ3) is 2.89. The fourth-order valence-corrected chi connectivity index (χ4v) is 2.14. The van der Waals surface area contributed by atoms with Gasteiger partial charge in [-0.2, -0.15) is 0 Å². The number of anilines is 1. The number of hydrogen-bond donors (Lipinski definition) is 1. The molecule has 1 aromatic carbocycles. The summed E-state index contributed by atoms with van der Waals surface area (Å²) in [5, 5.41) is 0. The highest BCUT2D eigenvalue weighted by atomic mass is 35.5. The van der Waals surface area contributed by atoms with Gasteiger partial charge in [0.05, 0.1) is 0 Å². The normalized spacial score (nSPS) is 17.0. The van der Waals surface area contributed by atoms with Gasteiger partial charge < -0.3 is 10.6 Å². The summed E-state index contributed by atoms with van der Waals surface area (Å²) < 4.78 is 0. The van der Waals surface area contributed by atoms with Gasteiger partial charge in [0.25, 0.3) is 0 Å². The smallest absolute Gasteiger partial charge is 0.0366 e. The van der Waals surface area contributed by atoms with Crippen LogP contribution < -0.4 is 10.6 Å². The second-order valence-corrected chi connectivity index (χ2v) is 4.30. The lowest BCUT2D eigenvalue weighted by Gasteiger charge is -2.18. The molecule has 16 heavy (non-hydrogen) atoms. The molecular weight excluding hydrogens is 220 g/mol. The predicted molar refractivity (Wildman–Crippen MR) is 72.4 cm³/mol. The highest BCUT2D eigenvalue weighted by Gasteiger charge is 2.12. The molecule has 90 valence electrons. The van der Waals surface area contributed by atoms with Crippen LogP contribution in [0.15, 0.2) is 24.3 Å². The molecule has 0 amide bonds. The highest BCUT2D eigenvalue weighted by molar-refractivity contribution is 5.85. The molecule has 2 nitrogen and oxygen atoms in total. The Morgan fingerprint density at radius 1 is 1.19 bits per heavy atom. The van der Waals surface area contributed by atoms with E-state index in [9.17, 15) is 0 Å². The molecule has 0 aromatic heterocycles. The van der Waals surface area contributed by atoms with Gasteiger partial charge in [-0.05, 0) is 37.0 Å². The molecule has 0 aliphatic carbocycles. The summed E-state index contributed by atoms with van der Waals surface area (Å²) in [5.41, 5.74) is 8.58. The van der Waals surface area contributed by atoms with Crippen molar-refractivity contribution in [3.05, 3.63) is 29.8 Å². The third-order valence-electron chi connectivity index (χ3n) is 3.23. The summed E-state index contributed by atoms with van der Waals surface area (Å²) in [6.07, 6.45) is 3.66. The predicted octanol–water partition coefficient (Wildman–Crippen LogP) is 3.12. The second kappa shape index (κ2) is 6.12. The first-order valence-electron chi connectivity index (χ1n) is 5.91. The van der Waals surface area contributed by atoms with Crippen LogP contribution in [0.25, 0.3) is 0 Å². The average molecular weight is 241 g/mol. The summed E-state index contributed by atoms with van der Waals surface area (Å²) in [4.78, 5) is 2.45. The van der Waals surface area contributed by atoms with E-state index in [1.54, 1.807) is 0 Å². The monoisotopic (exact) mass is 240 g/mol. The minimum Gasteiger partial charge on any atom is -0.372 e. The molecular formula is C13H21ClN2. The fraction of sp³-hybridized carbons (Fsp3) is 0.538. The number of benzene rings is 1. The maximum atomic E-state index is 5.98. The van der Waals surface area contributed by atoms with Crippen molar-refractivity contribution in [2.45, 2.75) is 32.2 Å². The number of hydrogen-bond acceptors (Lipinski definition) is 2. The van der Waals surface area contributed by atoms with E-state index >= 15 is 0 Å². The largest absolute Gasteiger partial charge is 0.372 e. The molecule has 1 fully saturated rings. The molecule has 0 unspecified atom stereocenters. The molecule has 0 bridgehead atoms. The van der Waals surface area contributed by atoms with E-state index in [0.29, 0.717) is 0 Å². The molecule has 0 saturated carbocycles. The molecule has 1 aliphatic heterocycles. The Hall–Kier alpha value is -0.730. The van der Waals surface area contributed by atoms with E-state index in [-0.39, 0.29) is 18.4 Å². The van der Waals surface area contributed by atoms with Crippen molar-refractivity contribution in [3.63, 3.8) is 0 Å². The van der Waals surface area contributed by atoms with Crippen molar-refractivity contribution in [2.75, 3.05) is 18.0 Å². The first-order valence-corrected chi connectivity index (χ1v) is 5.91. The Labute approximate surface area is 104 Å². The van der Waals surface area contributed by atoms with Gasteiger partial charge in [-0.25, -0.2) is 0 Å².